The van der Waals surface area contributed by atoms with E-state index in [4.69, 9.17) is 9.29 Å². The van der Waals surface area contributed by atoms with Gasteiger partial charge in [-0.1, -0.05) is 19.3 Å². The van der Waals surface area contributed by atoms with Crippen LogP contribution in [0.25, 0.3) is 0 Å². The molecule has 1 aliphatic rings. The Morgan fingerprint density at radius 1 is 1.07 bits per heavy atom. The van der Waals surface area contributed by atoms with Crippen LogP contribution < -0.4 is 0 Å². The molecular weight excluding hydrogens is 407 g/mol. The summed E-state index contributed by atoms with van der Waals surface area (Å²) in [5, 5.41) is -5.77. The molecule has 0 radical (unpaired) electrons. The van der Waals surface area contributed by atoms with E-state index >= 15 is 0 Å². The molecule has 1 aliphatic carbocycles. The SMILES string of the molecule is O=C(CCCOC(=O)C1CCCCC1)OC(C(F)(F)F)C(F)(F)S(=O)(=O)O. The summed E-state index contributed by atoms with van der Waals surface area (Å²) in [4.78, 5) is 23.1. The van der Waals surface area contributed by atoms with Crippen LogP contribution in [0.1, 0.15) is 44.9 Å². The van der Waals surface area contributed by atoms with Crippen LogP contribution in [0.5, 0.6) is 0 Å². The number of carbonyl (C=O) groups is 2. The Morgan fingerprint density at radius 2 is 1.63 bits per heavy atom. The molecule has 1 saturated carbocycles. The molecule has 0 aromatic heterocycles. The molecule has 0 aliphatic heterocycles. The molecular formula is C14H19F5O7S. The zero-order valence-electron chi connectivity index (χ0n) is 14.0. The first-order chi connectivity index (χ1) is 12.3. The third-order valence-electron chi connectivity index (χ3n) is 3.90. The van der Waals surface area contributed by atoms with Gasteiger partial charge in [0.1, 0.15) is 0 Å². The lowest BCUT2D eigenvalue weighted by molar-refractivity contribution is -0.259. The van der Waals surface area contributed by atoms with Gasteiger partial charge in [0, 0.05) is 6.42 Å². The standard InChI is InChI=1S/C14H19F5O7S/c15-13(16,17)12(14(18,19)27(22,23)24)26-10(20)7-4-8-25-11(21)9-5-2-1-3-6-9/h9,12H,1-8H2,(H,22,23,24). The van der Waals surface area contributed by atoms with Crippen molar-refractivity contribution in [1.29, 1.82) is 0 Å². The minimum atomic E-state index is -6.48. The van der Waals surface area contributed by atoms with Crippen LogP contribution in [0.3, 0.4) is 0 Å². The van der Waals surface area contributed by atoms with Crippen molar-refractivity contribution in [2.45, 2.75) is 62.5 Å². The maximum absolute atomic E-state index is 13.2. The molecule has 1 N–H and O–H groups in total. The summed E-state index contributed by atoms with van der Waals surface area (Å²) in [5.74, 6) is -2.57. The molecule has 27 heavy (non-hydrogen) atoms. The lowest BCUT2D eigenvalue weighted by Crippen LogP contribution is -2.52. The molecule has 0 aromatic rings. The zero-order chi connectivity index (χ0) is 20.9. The molecule has 0 saturated heterocycles. The van der Waals surface area contributed by atoms with E-state index in [2.05, 4.69) is 4.74 Å². The maximum atomic E-state index is 13.2. The monoisotopic (exact) mass is 426 g/mol. The van der Waals surface area contributed by atoms with Crippen molar-refractivity contribution in [1.82, 2.24) is 0 Å². The summed E-state index contributed by atoms with van der Waals surface area (Å²) in [7, 11) is -6.48. The lowest BCUT2D eigenvalue weighted by Gasteiger charge is -2.26. The molecule has 1 atom stereocenters. The van der Waals surface area contributed by atoms with Gasteiger partial charge in [-0.25, -0.2) is 0 Å². The summed E-state index contributed by atoms with van der Waals surface area (Å²) in [6, 6.07) is 0. The predicted octanol–water partition coefficient (Wildman–Crippen LogP) is 2.84. The van der Waals surface area contributed by atoms with Crippen molar-refractivity contribution in [2.24, 2.45) is 5.92 Å². The van der Waals surface area contributed by atoms with E-state index in [1.54, 1.807) is 0 Å². The Labute approximate surface area is 151 Å². The van der Waals surface area contributed by atoms with Crippen molar-refractivity contribution in [3.8, 4) is 0 Å². The highest BCUT2D eigenvalue weighted by molar-refractivity contribution is 7.86. The van der Waals surface area contributed by atoms with Gasteiger partial charge in [-0.15, -0.1) is 0 Å². The first kappa shape index (κ1) is 23.5. The average molecular weight is 426 g/mol. The molecule has 1 unspecified atom stereocenters. The number of rotatable bonds is 8. The highest BCUT2D eigenvalue weighted by atomic mass is 32.2. The molecule has 1 fully saturated rings. The molecule has 0 heterocycles. The largest absolute Gasteiger partial charge is 0.465 e. The highest BCUT2D eigenvalue weighted by Crippen LogP contribution is 2.38. The van der Waals surface area contributed by atoms with E-state index in [1.807, 2.05) is 0 Å². The van der Waals surface area contributed by atoms with Crippen LogP contribution in [0.15, 0.2) is 0 Å². The molecule has 0 bridgehead atoms. The van der Waals surface area contributed by atoms with E-state index in [9.17, 15) is 40.0 Å². The fourth-order valence-corrected chi connectivity index (χ4v) is 2.95. The number of esters is 2. The third-order valence-corrected chi connectivity index (χ3v) is 4.81. The van der Waals surface area contributed by atoms with Gasteiger partial charge in [-0.2, -0.15) is 30.4 Å². The first-order valence-corrected chi connectivity index (χ1v) is 9.48. The second kappa shape index (κ2) is 9.13. The van der Waals surface area contributed by atoms with Crippen molar-refractivity contribution in [3.05, 3.63) is 0 Å². The fourth-order valence-electron chi connectivity index (χ4n) is 2.50. The van der Waals surface area contributed by atoms with Gasteiger partial charge in [-0.3, -0.25) is 14.1 Å². The number of hydrogen-bond donors (Lipinski definition) is 1. The highest BCUT2D eigenvalue weighted by Gasteiger charge is 2.65. The van der Waals surface area contributed by atoms with Gasteiger partial charge >= 0.3 is 33.5 Å². The fraction of sp³-hybridized carbons (Fsp3) is 0.857. The van der Waals surface area contributed by atoms with Gasteiger partial charge in [0.2, 0.25) is 0 Å². The smallest absolute Gasteiger partial charge is 0.432 e. The molecule has 0 amide bonds. The van der Waals surface area contributed by atoms with Crippen molar-refractivity contribution in [3.63, 3.8) is 0 Å². The van der Waals surface area contributed by atoms with E-state index in [0.717, 1.165) is 19.3 Å². The molecule has 7 nitrogen and oxygen atoms in total. The number of alkyl halides is 5. The Morgan fingerprint density at radius 3 is 2.11 bits per heavy atom. The molecule has 0 aromatic carbocycles. The van der Waals surface area contributed by atoms with E-state index in [1.165, 1.54) is 0 Å². The van der Waals surface area contributed by atoms with Gasteiger partial charge in [0.25, 0.3) is 6.10 Å². The van der Waals surface area contributed by atoms with Crippen LogP contribution in [0.4, 0.5) is 22.0 Å². The normalized spacial score (nSPS) is 18.0. The van der Waals surface area contributed by atoms with Crippen molar-refractivity contribution in [2.75, 3.05) is 6.61 Å². The Bertz CT molecular complexity index is 626. The average Bonchev–Trinajstić information content (AvgIpc) is 2.55. The van der Waals surface area contributed by atoms with Crippen molar-refractivity contribution >= 4 is 22.1 Å². The van der Waals surface area contributed by atoms with Crippen LogP contribution in [-0.2, 0) is 29.2 Å². The molecule has 1 rings (SSSR count). The zero-order valence-corrected chi connectivity index (χ0v) is 14.8. The predicted molar refractivity (Wildman–Crippen MR) is 79.2 cm³/mol. The van der Waals surface area contributed by atoms with Gasteiger partial charge in [0.05, 0.1) is 12.5 Å². The second-order valence-electron chi connectivity index (χ2n) is 6.05. The Balaban J connectivity index is 2.52. The quantitative estimate of drug-likeness (QED) is 0.275. The maximum Gasteiger partial charge on any atom is 0.432 e. The number of ether oxygens (including phenoxy) is 2. The van der Waals surface area contributed by atoms with E-state index in [0.29, 0.717) is 12.8 Å². The van der Waals surface area contributed by atoms with Crippen LogP contribution in [0, 0.1) is 5.92 Å². The third kappa shape index (κ3) is 6.87. The van der Waals surface area contributed by atoms with Gasteiger partial charge < -0.3 is 9.47 Å². The lowest BCUT2D eigenvalue weighted by atomic mass is 9.89. The van der Waals surface area contributed by atoms with Crippen molar-refractivity contribution < 1.29 is 54.0 Å². The summed E-state index contributed by atoms with van der Waals surface area (Å²) in [6.07, 6.45) is -7.40. The summed E-state index contributed by atoms with van der Waals surface area (Å²) < 4.78 is 102. The van der Waals surface area contributed by atoms with Gasteiger partial charge in [0.15, 0.2) is 0 Å². The van der Waals surface area contributed by atoms with Crippen LogP contribution >= 0.6 is 0 Å². The van der Waals surface area contributed by atoms with Crippen LogP contribution in [-0.4, -0.2) is 49.1 Å². The van der Waals surface area contributed by atoms with E-state index < -0.39 is 46.0 Å². The summed E-state index contributed by atoms with van der Waals surface area (Å²) in [5.41, 5.74) is 0. The summed E-state index contributed by atoms with van der Waals surface area (Å²) >= 11 is 0. The molecule has 158 valence electrons. The molecule has 13 heteroatoms. The Hall–Kier alpha value is -1.50. The minimum Gasteiger partial charge on any atom is -0.465 e. The minimum absolute atomic E-state index is 0.284. The number of carbonyl (C=O) groups excluding carboxylic acids is 2. The number of hydrogen-bond acceptors (Lipinski definition) is 6. The van der Waals surface area contributed by atoms with Crippen LogP contribution in [0.2, 0.25) is 0 Å². The first-order valence-electron chi connectivity index (χ1n) is 8.04. The number of halogens is 5. The Kier molecular flexibility index (Phi) is 7.96. The van der Waals surface area contributed by atoms with Gasteiger partial charge in [-0.05, 0) is 19.3 Å². The molecule has 0 spiro atoms. The summed E-state index contributed by atoms with van der Waals surface area (Å²) in [6.45, 7) is -0.337. The second-order valence-corrected chi connectivity index (χ2v) is 7.55. The van der Waals surface area contributed by atoms with E-state index in [-0.39, 0.29) is 18.9 Å². The topological polar surface area (TPSA) is 107 Å².